The van der Waals surface area contributed by atoms with Gasteiger partial charge in [0, 0.05) is 18.2 Å². The number of aryl methyl sites for hydroxylation is 2. The van der Waals surface area contributed by atoms with E-state index < -0.39 is 0 Å². The Hall–Kier alpha value is -0.830. The van der Waals surface area contributed by atoms with Crippen molar-refractivity contribution in [2.24, 2.45) is 0 Å². The smallest absolute Gasteiger partial charge is 0.138 e. The van der Waals surface area contributed by atoms with E-state index in [4.69, 9.17) is 4.52 Å². The van der Waals surface area contributed by atoms with Crippen LogP contribution in [0.3, 0.4) is 0 Å². The lowest BCUT2D eigenvalue weighted by atomic mass is 10.1. The Morgan fingerprint density at radius 2 is 1.81 bits per heavy atom. The predicted octanol–water partition coefficient (Wildman–Crippen LogP) is 3.35. The van der Waals surface area contributed by atoms with Crippen molar-refractivity contribution >= 4 is 0 Å². The van der Waals surface area contributed by atoms with Crippen molar-refractivity contribution in [3.63, 3.8) is 0 Å². The summed E-state index contributed by atoms with van der Waals surface area (Å²) in [5, 5.41) is 7.58. The molecule has 0 spiro atoms. The first-order valence-corrected chi connectivity index (χ1v) is 6.34. The summed E-state index contributed by atoms with van der Waals surface area (Å²) in [4.78, 5) is 0. The van der Waals surface area contributed by atoms with E-state index in [2.05, 4.69) is 24.3 Å². The molecular weight excluding hydrogens is 200 g/mol. The summed E-state index contributed by atoms with van der Waals surface area (Å²) in [7, 11) is 0. The molecule has 1 rings (SSSR count). The van der Waals surface area contributed by atoms with Crippen molar-refractivity contribution in [3.8, 4) is 0 Å². The van der Waals surface area contributed by atoms with Gasteiger partial charge in [0.05, 0.1) is 5.69 Å². The third kappa shape index (κ3) is 3.63. The first-order chi connectivity index (χ1) is 7.69. The lowest BCUT2D eigenvalue weighted by Crippen LogP contribution is -2.28. The van der Waals surface area contributed by atoms with Crippen LogP contribution in [0.5, 0.6) is 0 Å². The zero-order valence-electron chi connectivity index (χ0n) is 11.0. The number of rotatable bonds is 7. The molecule has 0 aromatic carbocycles. The Labute approximate surface area is 98.6 Å². The zero-order valence-corrected chi connectivity index (χ0v) is 11.0. The molecule has 0 bridgehead atoms. The third-order valence-electron chi connectivity index (χ3n) is 3.02. The maximum atomic E-state index is 5.16. The van der Waals surface area contributed by atoms with Crippen molar-refractivity contribution in [3.05, 3.63) is 17.0 Å². The van der Waals surface area contributed by atoms with Crippen LogP contribution in [0.25, 0.3) is 0 Å². The fraction of sp³-hybridized carbons (Fsp3) is 0.769. The molecule has 1 N–H and O–H groups in total. The van der Waals surface area contributed by atoms with E-state index in [0.29, 0.717) is 6.04 Å². The fourth-order valence-electron chi connectivity index (χ4n) is 2.05. The fourth-order valence-corrected chi connectivity index (χ4v) is 2.05. The van der Waals surface area contributed by atoms with Crippen LogP contribution in [-0.2, 0) is 6.54 Å². The van der Waals surface area contributed by atoms with Gasteiger partial charge in [-0.2, -0.15) is 0 Å². The Morgan fingerprint density at radius 3 is 2.25 bits per heavy atom. The van der Waals surface area contributed by atoms with Crippen LogP contribution in [0.1, 0.15) is 56.5 Å². The molecule has 0 unspecified atom stereocenters. The van der Waals surface area contributed by atoms with Gasteiger partial charge in [-0.05, 0) is 26.7 Å². The molecule has 0 saturated heterocycles. The molecule has 3 nitrogen and oxygen atoms in total. The van der Waals surface area contributed by atoms with Crippen LogP contribution in [0.4, 0.5) is 0 Å². The molecule has 92 valence electrons. The van der Waals surface area contributed by atoms with E-state index in [1.807, 2.05) is 13.8 Å². The van der Waals surface area contributed by atoms with Gasteiger partial charge >= 0.3 is 0 Å². The van der Waals surface area contributed by atoms with Crippen LogP contribution >= 0.6 is 0 Å². The highest BCUT2D eigenvalue weighted by Crippen LogP contribution is 2.13. The first-order valence-electron chi connectivity index (χ1n) is 6.34. The summed E-state index contributed by atoms with van der Waals surface area (Å²) in [5.41, 5.74) is 2.23. The quantitative estimate of drug-likeness (QED) is 0.772. The Bertz CT molecular complexity index is 281. The minimum atomic E-state index is 0.628. The van der Waals surface area contributed by atoms with Gasteiger partial charge in [0.1, 0.15) is 5.76 Å². The molecule has 1 heterocycles. The zero-order chi connectivity index (χ0) is 12.0. The van der Waals surface area contributed by atoms with E-state index in [9.17, 15) is 0 Å². The van der Waals surface area contributed by atoms with Gasteiger partial charge in [0.25, 0.3) is 0 Å². The second-order valence-corrected chi connectivity index (χ2v) is 4.46. The van der Waals surface area contributed by atoms with E-state index in [-0.39, 0.29) is 0 Å². The number of hydrogen-bond donors (Lipinski definition) is 1. The van der Waals surface area contributed by atoms with Crippen molar-refractivity contribution in [1.82, 2.24) is 10.5 Å². The van der Waals surface area contributed by atoms with Crippen LogP contribution < -0.4 is 5.32 Å². The van der Waals surface area contributed by atoms with Crippen LogP contribution in [0.15, 0.2) is 4.52 Å². The molecule has 1 aromatic heterocycles. The Balaban J connectivity index is 2.48. The number of nitrogens with zero attached hydrogens (tertiary/aromatic N) is 1. The highest BCUT2D eigenvalue weighted by molar-refractivity contribution is 5.20. The molecule has 0 aliphatic rings. The average Bonchev–Trinajstić information content (AvgIpc) is 2.56. The second kappa shape index (κ2) is 6.69. The molecule has 1 aromatic rings. The van der Waals surface area contributed by atoms with Crippen LogP contribution in [0, 0.1) is 13.8 Å². The van der Waals surface area contributed by atoms with Gasteiger partial charge in [0.15, 0.2) is 0 Å². The monoisotopic (exact) mass is 224 g/mol. The normalized spacial score (nSPS) is 11.3. The lowest BCUT2D eigenvalue weighted by Gasteiger charge is -2.17. The maximum Gasteiger partial charge on any atom is 0.138 e. The maximum absolute atomic E-state index is 5.16. The van der Waals surface area contributed by atoms with Gasteiger partial charge in [0.2, 0.25) is 0 Å². The van der Waals surface area contributed by atoms with E-state index in [0.717, 1.165) is 18.0 Å². The largest absolute Gasteiger partial charge is 0.361 e. The minimum absolute atomic E-state index is 0.628. The van der Waals surface area contributed by atoms with Gasteiger partial charge in [-0.1, -0.05) is 31.8 Å². The molecular formula is C13H24N2O. The third-order valence-corrected chi connectivity index (χ3v) is 3.02. The van der Waals surface area contributed by atoms with E-state index in [1.54, 1.807) is 0 Å². The first kappa shape index (κ1) is 13.2. The summed E-state index contributed by atoms with van der Waals surface area (Å²) in [6, 6.07) is 0.628. The van der Waals surface area contributed by atoms with Crippen LogP contribution in [-0.4, -0.2) is 11.2 Å². The summed E-state index contributed by atoms with van der Waals surface area (Å²) in [5.74, 6) is 0.941. The molecule has 0 saturated carbocycles. The molecule has 0 amide bonds. The van der Waals surface area contributed by atoms with Crippen molar-refractivity contribution in [2.75, 3.05) is 0 Å². The van der Waals surface area contributed by atoms with Crippen molar-refractivity contribution in [2.45, 2.75) is 66.0 Å². The van der Waals surface area contributed by atoms with E-state index in [1.165, 1.54) is 31.2 Å². The molecule has 16 heavy (non-hydrogen) atoms. The summed E-state index contributed by atoms with van der Waals surface area (Å²) < 4.78 is 5.16. The Kier molecular flexibility index (Phi) is 5.53. The van der Waals surface area contributed by atoms with Gasteiger partial charge in [-0.3, -0.25) is 0 Å². The lowest BCUT2D eigenvalue weighted by molar-refractivity contribution is 0.390. The molecule has 0 fully saturated rings. The molecule has 0 radical (unpaired) electrons. The molecule has 0 aliphatic heterocycles. The SMILES string of the molecule is CCCC(CCC)NCc1c(C)noc1C. The molecule has 3 heteroatoms. The number of nitrogens with one attached hydrogen (secondary N) is 1. The van der Waals surface area contributed by atoms with Crippen molar-refractivity contribution in [1.29, 1.82) is 0 Å². The van der Waals surface area contributed by atoms with E-state index >= 15 is 0 Å². The molecule has 0 aliphatic carbocycles. The highest BCUT2D eigenvalue weighted by Gasteiger charge is 2.11. The van der Waals surface area contributed by atoms with Crippen LogP contribution in [0.2, 0.25) is 0 Å². The highest BCUT2D eigenvalue weighted by atomic mass is 16.5. The van der Waals surface area contributed by atoms with Crippen molar-refractivity contribution < 1.29 is 4.52 Å². The summed E-state index contributed by atoms with van der Waals surface area (Å²) in [6.07, 6.45) is 4.97. The van der Waals surface area contributed by atoms with Gasteiger partial charge < -0.3 is 9.84 Å². The minimum Gasteiger partial charge on any atom is -0.361 e. The van der Waals surface area contributed by atoms with Gasteiger partial charge in [-0.15, -0.1) is 0 Å². The second-order valence-electron chi connectivity index (χ2n) is 4.46. The number of aromatic nitrogens is 1. The standard InChI is InChI=1S/C13H24N2O/c1-5-7-12(8-6-2)14-9-13-10(3)15-16-11(13)4/h12,14H,5-9H2,1-4H3. The topological polar surface area (TPSA) is 38.1 Å². The number of hydrogen-bond acceptors (Lipinski definition) is 3. The van der Waals surface area contributed by atoms with Gasteiger partial charge in [-0.25, -0.2) is 0 Å². The summed E-state index contributed by atoms with van der Waals surface area (Å²) >= 11 is 0. The average molecular weight is 224 g/mol. The summed E-state index contributed by atoms with van der Waals surface area (Å²) in [6.45, 7) is 9.33. The molecule has 0 atom stereocenters. The predicted molar refractivity (Wildman–Crippen MR) is 66.4 cm³/mol. The Morgan fingerprint density at radius 1 is 1.19 bits per heavy atom.